The van der Waals surface area contributed by atoms with Crippen LogP contribution in [0.15, 0.2) is 54.6 Å². The molecule has 0 radical (unpaired) electrons. The van der Waals surface area contributed by atoms with Crippen LogP contribution in [0.4, 0.5) is 17.6 Å². The summed E-state index contributed by atoms with van der Waals surface area (Å²) < 4.78 is 54.9. The van der Waals surface area contributed by atoms with Crippen LogP contribution in [-0.2, 0) is 19.3 Å². The highest BCUT2D eigenvalue weighted by Gasteiger charge is 2.32. The van der Waals surface area contributed by atoms with Crippen molar-refractivity contribution in [2.45, 2.75) is 45.4 Å². The molecule has 30 heavy (non-hydrogen) atoms. The van der Waals surface area contributed by atoms with Crippen molar-refractivity contribution in [2.75, 3.05) is 0 Å². The Morgan fingerprint density at radius 1 is 0.833 bits per heavy atom. The van der Waals surface area contributed by atoms with Crippen molar-refractivity contribution in [2.24, 2.45) is 0 Å². The van der Waals surface area contributed by atoms with Crippen molar-refractivity contribution in [1.82, 2.24) is 0 Å². The van der Waals surface area contributed by atoms with Crippen LogP contribution in [0, 0.1) is 5.82 Å². The predicted octanol–water partition coefficient (Wildman–Crippen LogP) is 7.50. The molecule has 156 valence electrons. The summed E-state index contributed by atoms with van der Waals surface area (Å²) in [5.74, 6) is -1.86. The fourth-order valence-corrected chi connectivity index (χ4v) is 4.05. The second-order valence-corrected chi connectivity index (χ2v) is 7.66. The Bertz CT molecular complexity index is 1070. The Kier molecular flexibility index (Phi) is 5.54. The normalized spacial score (nSPS) is 13.0. The molecule has 0 spiro atoms. The van der Waals surface area contributed by atoms with Gasteiger partial charge >= 0.3 is 6.36 Å². The smallest absolute Gasteiger partial charge is 0.403 e. The Morgan fingerprint density at radius 2 is 1.47 bits per heavy atom. The molecular weight excluding hydrogens is 392 g/mol. The minimum Gasteiger partial charge on any atom is -0.403 e. The van der Waals surface area contributed by atoms with Gasteiger partial charge in [0.25, 0.3) is 0 Å². The molecule has 0 N–H and O–H groups in total. The number of hydrogen-bond donors (Lipinski definition) is 0. The zero-order valence-corrected chi connectivity index (χ0v) is 16.7. The standard InChI is InChI=1S/C25H22F4O/c1-2-3-4-16-5-10-21-19(13-16)6-7-20-14-17(8-11-22(20)21)18-9-12-24(23(26)15-18)30-25(27,28)29/h5,8-15H,2-4,6-7H2,1H3. The molecule has 3 aromatic rings. The summed E-state index contributed by atoms with van der Waals surface area (Å²) >= 11 is 0. The molecule has 4 rings (SSSR count). The number of ether oxygens (including phenoxy) is 1. The molecule has 0 amide bonds. The van der Waals surface area contributed by atoms with E-state index in [1.165, 1.54) is 41.2 Å². The average Bonchev–Trinajstić information content (AvgIpc) is 2.72. The molecule has 0 aromatic heterocycles. The van der Waals surface area contributed by atoms with Gasteiger partial charge in [-0.15, -0.1) is 13.2 Å². The van der Waals surface area contributed by atoms with E-state index in [1.54, 1.807) is 0 Å². The first-order chi connectivity index (χ1) is 14.3. The molecular formula is C25H22F4O. The van der Waals surface area contributed by atoms with Gasteiger partial charge in [0.15, 0.2) is 11.6 Å². The van der Waals surface area contributed by atoms with Gasteiger partial charge in [-0.25, -0.2) is 4.39 Å². The summed E-state index contributed by atoms with van der Waals surface area (Å²) in [7, 11) is 0. The van der Waals surface area contributed by atoms with Gasteiger partial charge < -0.3 is 4.74 Å². The second-order valence-electron chi connectivity index (χ2n) is 7.66. The summed E-state index contributed by atoms with van der Waals surface area (Å²) in [6.45, 7) is 2.19. The maximum Gasteiger partial charge on any atom is 0.573 e. The first-order valence-corrected chi connectivity index (χ1v) is 10.1. The second kappa shape index (κ2) is 8.13. The SMILES string of the molecule is CCCCc1ccc2c(c1)CCc1cc(-c3ccc(OC(F)(F)F)c(F)c3)ccc1-2. The zero-order chi connectivity index (χ0) is 21.3. The number of unbranched alkanes of at least 4 members (excludes halogenated alkanes) is 1. The summed E-state index contributed by atoms with van der Waals surface area (Å²) in [6, 6.07) is 16.1. The highest BCUT2D eigenvalue weighted by Crippen LogP contribution is 2.37. The minimum atomic E-state index is -4.92. The molecule has 0 saturated carbocycles. The topological polar surface area (TPSA) is 9.23 Å². The Hall–Kier alpha value is -2.82. The maximum absolute atomic E-state index is 14.1. The van der Waals surface area contributed by atoms with Crippen LogP contribution >= 0.6 is 0 Å². The van der Waals surface area contributed by atoms with Crippen molar-refractivity contribution in [3.05, 3.63) is 77.1 Å². The van der Waals surface area contributed by atoms with Crippen molar-refractivity contribution in [3.8, 4) is 28.0 Å². The lowest BCUT2D eigenvalue weighted by atomic mass is 9.83. The molecule has 0 fully saturated rings. The van der Waals surface area contributed by atoms with E-state index >= 15 is 0 Å². The van der Waals surface area contributed by atoms with Crippen LogP contribution < -0.4 is 4.74 Å². The summed E-state index contributed by atoms with van der Waals surface area (Å²) in [5.41, 5.74) is 7.57. The number of benzene rings is 3. The van der Waals surface area contributed by atoms with Gasteiger partial charge in [0.05, 0.1) is 0 Å². The number of rotatable bonds is 5. The average molecular weight is 414 g/mol. The maximum atomic E-state index is 14.1. The van der Waals surface area contributed by atoms with E-state index in [9.17, 15) is 17.6 Å². The van der Waals surface area contributed by atoms with Gasteiger partial charge in [0.2, 0.25) is 0 Å². The lowest BCUT2D eigenvalue weighted by Gasteiger charge is -2.22. The van der Waals surface area contributed by atoms with E-state index in [2.05, 4.69) is 29.9 Å². The zero-order valence-electron chi connectivity index (χ0n) is 16.7. The summed E-state index contributed by atoms with van der Waals surface area (Å²) in [6.07, 6.45) is 0.353. The highest BCUT2D eigenvalue weighted by molar-refractivity contribution is 5.77. The number of hydrogen-bond acceptors (Lipinski definition) is 1. The molecule has 1 aliphatic rings. The predicted molar refractivity (Wildman–Crippen MR) is 110 cm³/mol. The molecule has 1 aliphatic carbocycles. The van der Waals surface area contributed by atoms with Gasteiger partial charge in [-0.05, 0) is 76.8 Å². The van der Waals surface area contributed by atoms with E-state index in [-0.39, 0.29) is 0 Å². The van der Waals surface area contributed by atoms with Gasteiger partial charge in [0, 0.05) is 0 Å². The van der Waals surface area contributed by atoms with Crippen molar-refractivity contribution in [3.63, 3.8) is 0 Å². The Balaban J connectivity index is 1.62. The van der Waals surface area contributed by atoms with Crippen molar-refractivity contribution in [1.29, 1.82) is 0 Å². The molecule has 3 aromatic carbocycles. The van der Waals surface area contributed by atoms with Crippen LogP contribution in [0.25, 0.3) is 22.3 Å². The summed E-state index contributed by atoms with van der Waals surface area (Å²) in [4.78, 5) is 0. The number of fused-ring (bicyclic) bond motifs is 3. The van der Waals surface area contributed by atoms with E-state index in [0.29, 0.717) is 5.56 Å². The van der Waals surface area contributed by atoms with Gasteiger partial charge in [-0.1, -0.05) is 55.8 Å². The molecule has 1 nitrogen and oxygen atoms in total. The summed E-state index contributed by atoms with van der Waals surface area (Å²) in [5, 5.41) is 0. The monoisotopic (exact) mass is 414 g/mol. The third-order valence-corrected chi connectivity index (χ3v) is 5.54. The van der Waals surface area contributed by atoms with Gasteiger partial charge in [0.1, 0.15) is 0 Å². The fraction of sp³-hybridized carbons (Fsp3) is 0.280. The molecule has 0 unspecified atom stereocenters. The molecule has 0 bridgehead atoms. The molecule has 0 atom stereocenters. The van der Waals surface area contributed by atoms with E-state index in [1.807, 2.05) is 18.2 Å². The van der Waals surface area contributed by atoms with Crippen LogP contribution in [0.1, 0.15) is 36.5 Å². The van der Waals surface area contributed by atoms with Crippen LogP contribution in [0.2, 0.25) is 0 Å². The molecule has 0 aliphatic heterocycles. The lowest BCUT2D eigenvalue weighted by Crippen LogP contribution is -2.17. The fourth-order valence-electron chi connectivity index (χ4n) is 4.05. The Morgan fingerprint density at radius 3 is 2.13 bits per heavy atom. The van der Waals surface area contributed by atoms with E-state index in [0.717, 1.165) is 42.5 Å². The third-order valence-electron chi connectivity index (χ3n) is 5.54. The van der Waals surface area contributed by atoms with E-state index < -0.39 is 17.9 Å². The van der Waals surface area contributed by atoms with Crippen molar-refractivity contribution >= 4 is 0 Å². The van der Waals surface area contributed by atoms with E-state index in [4.69, 9.17) is 0 Å². The van der Waals surface area contributed by atoms with Crippen molar-refractivity contribution < 1.29 is 22.3 Å². The first kappa shape index (κ1) is 20.5. The first-order valence-electron chi connectivity index (χ1n) is 10.1. The Labute approximate surface area is 173 Å². The van der Waals surface area contributed by atoms with Crippen LogP contribution in [-0.4, -0.2) is 6.36 Å². The number of halogens is 4. The molecule has 5 heteroatoms. The largest absolute Gasteiger partial charge is 0.573 e. The molecule has 0 heterocycles. The number of alkyl halides is 3. The quantitative estimate of drug-likeness (QED) is 0.393. The molecule has 0 saturated heterocycles. The third kappa shape index (κ3) is 4.35. The van der Waals surface area contributed by atoms with Crippen LogP contribution in [0.3, 0.4) is 0 Å². The highest BCUT2D eigenvalue weighted by atomic mass is 19.4. The lowest BCUT2D eigenvalue weighted by molar-refractivity contribution is -0.275. The van der Waals surface area contributed by atoms with Crippen LogP contribution in [0.5, 0.6) is 5.75 Å². The van der Waals surface area contributed by atoms with Gasteiger partial charge in [-0.3, -0.25) is 0 Å². The minimum absolute atomic E-state index is 0.519. The van der Waals surface area contributed by atoms with Gasteiger partial charge in [-0.2, -0.15) is 0 Å². The number of aryl methyl sites for hydroxylation is 3.